The molecular formula is C28H28N2O5. The number of nitrogens with zero attached hydrogens (tertiary/aromatic N) is 2. The highest BCUT2D eigenvalue weighted by molar-refractivity contribution is 6.09. The van der Waals surface area contributed by atoms with Gasteiger partial charge in [0.15, 0.2) is 0 Å². The Hall–Kier alpha value is -3.97. The number of hydrogen-bond donors (Lipinski definition) is 2. The second-order valence-electron chi connectivity index (χ2n) is 8.33. The zero-order chi connectivity index (χ0) is 24.8. The van der Waals surface area contributed by atoms with Crippen LogP contribution in [0.1, 0.15) is 24.5 Å². The average molecular weight is 473 g/mol. The van der Waals surface area contributed by atoms with Crippen LogP contribution in [-0.2, 0) is 16.0 Å². The van der Waals surface area contributed by atoms with Gasteiger partial charge in [0, 0.05) is 55.6 Å². The van der Waals surface area contributed by atoms with E-state index in [-0.39, 0.29) is 11.3 Å². The van der Waals surface area contributed by atoms with E-state index in [9.17, 15) is 15.0 Å². The maximum absolute atomic E-state index is 11.5. The molecule has 0 fully saturated rings. The molecule has 35 heavy (non-hydrogen) atoms. The van der Waals surface area contributed by atoms with Crippen LogP contribution in [-0.4, -0.2) is 54.2 Å². The fourth-order valence-electron chi connectivity index (χ4n) is 4.08. The van der Waals surface area contributed by atoms with Gasteiger partial charge in [-0.2, -0.15) is 0 Å². The van der Waals surface area contributed by atoms with Crippen LogP contribution in [0.3, 0.4) is 0 Å². The number of aliphatic imine (C=N–C) groups is 1. The molecule has 1 aromatic heterocycles. The first-order valence-electron chi connectivity index (χ1n) is 11.5. The Balaban J connectivity index is 1.86. The van der Waals surface area contributed by atoms with Gasteiger partial charge in [0.25, 0.3) is 0 Å². The van der Waals surface area contributed by atoms with Crippen LogP contribution in [0.2, 0.25) is 0 Å². The Morgan fingerprint density at radius 3 is 2.74 bits per heavy atom. The molecule has 1 aliphatic rings. The van der Waals surface area contributed by atoms with Gasteiger partial charge in [-0.3, -0.25) is 9.98 Å². The van der Waals surface area contributed by atoms with E-state index in [1.54, 1.807) is 7.11 Å². The number of rotatable bonds is 7. The van der Waals surface area contributed by atoms with Gasteiger partial charge in [-0.1, -0.05) is 18.2 Å². The Morgan fingerprint density at radius 2 is 1.94 bits per heavy atom. The summed E-state index contributed by atoms with van der Waals surface area (Å²) in [6, 6.07) is 14.0. The standard InChI is InChI=1S/C28H28N2O5/c1-18-12-26(31)24(28(32)33)17-29-9-8-19-14-27(35-11-5-10-34-2)23(15-22(18)19)21-13-20-6-3-4-7-25(20)30-16-21/h3-4,6-7,12-17,31H,5,8-11H2,1-2H3,(H,32,33)/b18-12+,26-24?,29-17?. The Bertz CT molecular complexity index is 1340. The third-order valence-electron chi connectivity index (χ3n) is 5.87. The van der Waals surface area contributed by atoms with Crippen molar-refractivity contribution in [3.8, 4) is 16.9 Å². The van der Waals surface area contributed by atoms with Crippen molar-refractivity contribution in [3.05, 3.63) is 77.2 Å². The van der Waals surface area contributed by atoms with E-state index in [0.29, 0.717) is 26.2 Å². The molecule has 0 bridgehead atoms. The highest BCUT2D eigenvalue weighted by atomic mass is 16.5. The van der Waals surface area contributed by atoms with Crippen LogP contribution < -0.4 is 4.74 Å². The Kier molecular flexibility index (Phi) is 7.57. The van der Waals surface area contributed by atoms with Crippen LogP contribution in [0.4, 0.5) is 0 Å². The molecule has 7 nitrogen and oxygen atoms in total. The third-order valence-corrected chi connectivity index (χ3v) is 5.87. The third kappa shape index (κ3) is 5.58. The number of allylic oxidation sites excluding steroid dienone is 2. The number of benzene rings is 2. The van der Waals surface area contributed by atoms with E-state index >= 15 is 0 Å². The zero-order valence-electron chi connectivity index (χ0n) is 19.8. The van der Waals surface area contributed by atoms with E-state index in [1.807, 2.05) is 49.5 Å². The molecule has 2 aromatic carbocycles. The smallest absolute Gasteiger partial charge is 0.341 e. The van der Waals surface area contributed by atoms with E-state index in [1.165, 1.54) is 12.3 Å². The van der Waals surface area contributed by atoms with Crippen molar-refractivity contribution in [2.45, 2.75) is 19.8 Å². The predicted octanol–water partition coefficient (Wildman–Crippen LogP) is 5.24. The summed E-state index contributed by atoms with van der Waals surface area (Å²) in [5.74, 6) is -0.823. The largest absolute Gasteiger partial charge is 0.507 e. The molecule has 0 saturated heterocycles. The minimum Gasteiger partial charge on any atom is -0.507 e. The summed E-state index contributed by atoms with van der Waals surface area (Å²) in [7, 11) is 1.67. The minimum atomic E-state index is -1.22. The van der Waals surface area contributed by atoms with Crippen molar-refractivity contribution >= 4 is 28.7 Å². The number of pyridine rings is 1. The topological polar surface area (TPSA) is 101 Å². The molecule has 0 radical (unpaired) electrons. The van der Waals surface area contributed by atoms with Gasteiger partial charge in [0.2, 0.25) is 0 Å². The summed E-state index contributed by atoms with van der Waals surface area (Å²) in [5.41, 5.74) is 5.09. The molecule has 3 aromatic rings. The number of aliphatic hydroxyl groups is 1. The molecule has 4 rings (SSSR count). The lowest BCUT2D eigenvalue weighted by Crippen LogP contribution is -2.08. The molecule has 2 heterocycles. The summed E-state index contributed by atoms with van der Waals surface area (Å²) in [6.45, 7) is 3.34. The van der Waals surface area contributed by atoms with Gasteiger partial charge in [-0.05, 0) is 60.4 Å². The van der Waals surface area contributed by atoms with Crippen LogP contribution in [0.15, 0.2) is 71.1 Å². The van der Waals surface area contributed by atoms with Crippen molar-refractivity contribution in [3.63, 3.8) is 0 Å². The normalized spacial score (nSPS) is 15.4. The second-order valence-corrected chi connectivity index (χ2v) is 8.33. The number of carboxylic acid groups (broad SMARTS) is 1. The van der Waals surface area contributed by atoms with Crippen molar-refractivity contribution < 1.29 is 24.5 Å². The molecule has 0 spiro atoms. The highest BCUT2D eigenvalue weighted by Crippen LogP contribution is 2.37. The van der Waals surface area contributed by atoms with Crippen LogP contribution in [0, 0.1) is 0 Å². The highest BCUT2D eigenvalue weighted by Gasteiger charge is 2.17. The van der Waals surface area contributed by atoms with E-state index in [2.05, 4.69) is 16.0 Å². The molecule has 0 unspecified atom stereocenters. The molecule has 2 N–H and O–H groups in total. The monoisotopic (exact) mass is 472 g/mol. The fraction of sp³-hybridized carbons (Fsp3) is 0.250. The molecule has 0 saturated carbocycles. The summed E-state index contributed by atoms with van der Waals surface area (Å²) in [4.78, 5) is 20.4. The molecule has 7 heteroatoms. The van der Waals surface area contributed by atoms with Gasteiger partial charge in [0.1, 0.15) is 17.1 Å². The maximum Gasteiger partial charge on any atom is 0.341 e. The van der Waals surface area contributed by atoms with E-state index in [0.717, 1.165) is 50.9 Å². The van der Waals surface area contributed by atoms with Crippen molar-refractivity contribution in [1.82, 2.24) is 4.98 Å². The van der Waals surface area contributed by atoms with Crippen molar-refractivity contribution in [2.75, 3.05) is 26.9 Å². The molecule has 180 valence electrons. The Morgan fingerprint density at radius 1 is 1.11 bits per heavy atom. The molecule has 1 aliphatic heterocycles. The number of hydrogen-bond acceptors (Lipinski definition) is 6. The second kappa shape index (κ2) is 11.0. The number of ether oxygens (including phenoxy) is 2. The maximum atomic E-state index is 11.5. The minimum absolute atomic E-state index is 0.232. The average Bonchev–Trinajstić information content (AvgIpc) is 2.85. The number of aliphatic carboxylic acids is 1. The van der Waals surface area contributed by atoms with Crippen LogP contribution in [0.25, 0.3) is 27.6 Å². The Labute approximate surface area is 204 Å². The lowest BCUT2D eigenvalue weighted by atomic mass is 9.92. The summed E-state index contributed by atoms with van der Waals surface area (Å²) < 4.78 is 11.4. The first kappa shape index (κ1) is 24.2. The number of carboxylic acids is 1. The van der Waals surface area contributed by atoms with Gasteiger partial charge < -0.3 is 19.7 Å². The molecule has 0 amide bonds. The zero-order valence-corrected chi connectivity index (χ0v) is 19.8. The summed E-state index contributed by atoms with van der Waals surface area (Å²) >= 11 is 0. The lowest BCUT2D eigenvalue weighted by Gasteiger charge is -2.18. The molecule has 0 atom stereocenters. The number of aromatic nitrogens is 1. The number of aliphatic hydroxyl groups excluding tert-OH is 1. The predicted molar refractivity (Wildman–Crippen MR) is 137 cm³/mol. The fourth-order valence-corrected chi connectivity index (χ4v) is 4.08. The first-order chi connectivity index (χ1) is 17.0. The van der Waals surface area contributed by atoms with Crippen LogP contribution >= 0.6 is 0 Å². The molecular weight excluding hydrogens is 444 g/mol. The summed E-state index contributed by atoms with van der Waals surface area (Å²) in [6.07, 6.45) is 5.86. The molecule has 0 aliphatic carbocycles. The van der Waals surface area contributed by atoms with E-state index in [4.69, 9.17) is 9.47 Å². The summed E-state index contributed by atoms with van der Waals surface area (Å²) in [5, 5.41) is 20.9. The van der Waals surface area contributed by atoms with Crippen molar-refractivity contribution in [2.24, 2.45) is 4.99 Å². The van der Waals surface area contributed by atoms with Gasteiger partial charge in [-0.15, -0.1) is 0 Å². The number of para-hydroxylation sites is 1. The SMILES string of the molecule is COCCCOc1cc2c(cc1-c1cnc3ccccc3c1)/C(C)=C/C(O)=C(C(=O)O)C=NCC2. The number of carbonyl (C=O) groups is 1. The van der Waals surface area contributed by atoms with Crippen molar-refractivity contribution in [1.29, 1.82) is 0 Å². The quantitative estimate of drug-likeness (QED) is 0.456. The number of methoxy groups -OCH3 is 1. The lowest BCUT2D eigenvalue weighted by molar-refractivity contribution is -0.132. The van der Waals surface area contributed by atoms with Gasteiger partial charge >= 0.3 is 5.97 Å². The van der Waals surface area contributed by atoms with Crippen LogP contribution in [0.5, 0.6) is 5.75 Å². The first-order valence-corrected chi connectivity index (χ1v) is 11.5. The van der Waals surface area contributed by atoms with E-state index < -0.39 is 5.97 Å². The van der Waals surface area contributed by atoms with Gasteiger partial charge in [-0.25, -0.2) is 4.79 Å². The van der Waals surface area contributed by atoms with Gasteiger partial charge in [0.05, 0.1) is 12.1 Å². The number of fused-ring (bicyclic) bond motifs is 2.